The maximum Gasteiger partial charge on any atom is 0.393 e. The van der Waals surface area contributed by atoms with E-state index in [0.717, 1.165) is 19.1 Å². The standard InChI is InChI=1S/C20H18ClF3N4O2/c1-30-16-8-11(19(29)27-12-3-4-12)2-5-13(16)15-10-26-18-14(9-17(21)28(15)18)25-7-6-20(22,23)24/h2,5,7-10,12,26H,3-4,6H2,1H3,(H,27,29). The summed E-state index contributed by atoms with van der Waals surface area (Å²) in [6.07, 6.45) is -1.02. The summed E-state index contributed by atoms with van der Waals surface area (Å²) in [4.78, 5) is 19.2. The predicted octanol–water partition coefficient (Wildman–Crippen LogP) is 5.14. The highest BCUT2D eigenvalue weighted by Crippen LogP contribution is 2.37. The molecule has 10 heteroatoms. The third kappa shape index (κ3) is 4.16. The van der Waals surface area contributed by atoms with Gasteiger partial charge in [-0.3, -0.25) is 14.2 Å². The van der Waals surface area contributed by atoms with E-state index in [9.17, 15) is 18.0 Å². The van der Waals surface area contributed by atoms with E-state index < -0.39 is 12.6 Å². The van der Waals surface area contributed by atoms with Crippen molar-refractivity contribution in [3.8, 4) is 17.0 Å². The van der Waals surface area contributed by atoms with Crippen LogP contribution in [0.1, 0.15) is 29.6 Å². The van der Waals surface area contributed by atoms with Gasteiger partial charge in [0.05, 0.1) is 19.2 Å². The van der Waals surface area contributed by atoms with Crippen molar-refractivity contribution in [1.82, 2.24) is 14.7 Å². The van der Waals surface area contributed by atoms with Crippen LogP contribution in [0.5, 0.6) is 5.75 Å². The number of nitrogens with zero attached hydrogens (tertiary/aromatic N) is 2. The lowest BCUT2D eigenvalue weighted by Crippen LogP contribution is -2.25. The van der Waals surface area contributed by atoms with Gasteiger partial charge in [0.25, 0.3) is 5.91 Å². The van der Waals surface area contributed by atoms with E-state index in [1.54, 1.807) is 28.8 Å². The molecule has 0 radical (unpaired) electrons. The van der Waals surface area contributed by atoms with Crippen LogP contribution in [-0.2, 0) is 0 Å². The van der Waals surface area contributed by atoms with Gasteiger partial charge in [0, 0.05) is 35.6 Å². The number of rotatable bonds is 6. The molecule has 2 aromatic heterocycles. The van der Waals surface area contributed by atoms with Crippen LogP contribution in [0.15, 0.2) is 35.5 Å². The van der Waals surface area contributed by atoms with Gasteiger partial charge in [-0.2, -0.15) is 13.2 Å². The molecule has 158 valence electrons. The smallest absolute Gasteiger partial charge is 0.393 e. The number of halogens is 4. The van der Waals surface area contributed by atoms with Crippen LogP contribution >= 0.6 is 11.6 Å². The van der Waals surface area contributed by atoms with Gasteiger partial charge in [-0.15, -0.1) is 0 Å². The van der Waals surface area contributed by atoms with Gasteiger partial charge in [0.2, 0.25) is 0 Å². The van der Waals surface area contributed by atoms with Crippen LogP contribution in [-0.4, -0.2) is 40.8 Å². The predicted molar refractivity (Wildman–Crippen MR) is 108 cm³/mol. The van der Waals surface area contributed by atoms with Crippen LogP contribution in [0.25, 0.3) is 16.9 Å². The molecule has 0 bridgehead atoms. The number of nitrogens with one attached hydrogen (secondary N) is 2. The number of benzene rings is 1. The highest BCUT2D eigenvalue weighted by atomic mass is 35.5. The number of methoxy groups -OCH3 is 1. The average Bonchev–Trinajstić information content (AvgIpc) is 3.30. The molecule has 1 aliphatic carbocycles. The van der Waals surface area contributed by atoms with Crippen LogP contribution < -0.4 is 10.1 Å². The molecular weight excluding hydrogens is 421 g/mol. The number of hydrogen-bond acceptors (Lipinski definition) is 3. The second kappa shape index (κ2) is 7.71. The van der Waals surface area contributed by atoms with Crippen molar-refractivity contribution in [1.29, 1.82) is 0 Å². The molecule has 0 spiro atoms. The first-order valence-corrected chi connectivity index (χ1v) is 9.61. The zero-order valence-electron chi connectivity index (χ0n) is 15.9. The lowest BCUT2D eigenvalue weighted by Gasteiger charge is -2.11. The zero-order valence-corrected chi connectivity index (χ0v) is 16.6. The number of ether oxygens (including phenoxy) is 1. The van der Waals surface area contributed by atoms with E-state index in [-0.39, 0.29) is 22.8 Å². The number of amides is 1. The molecule has 0 unspecified atom stereocenters. The van der Waals surface area contributed by atoms with Crippen LogP contribution in [0.3, 0.4) is 0 Å². The molecule has 4 rings (SSSR count). The molecule has 1 amide bonds. The van der Waals surface area contributed by atoms with Gasteiger partial charge < -0.3 is 15.0 Å². The molecule has 1 saturated carbocycles. The number of alkyl halides is 3. The van der Waals surface area contributed by atoms with Crippen molar-refractivity contribution in [3.63, 3.8) is 0 Å². The highest BCUT2D eigenvalue weighted by Gasteiger charge is 2.26. The van der Waals surface area contributed by atoms with E-state index in [1.807, 2.05) is 0 Å². The fourth-order valence-corrected chi connectivity index (χ4v) is 3.41. The van der Waals surface area contributed by atoms with Crippen LogP contribution in [0.2, 0.25) is 5.15 Å². The molecule has 1 fully saturated rings. The Morgan fingerprint density at radius 1 is 1.40 bits per heavy atom. The largest absolute Gasteiger partial charge is 0.496 e. The number of aromatic nitrogens is 2. The molecule has 2 heterocycles. The van der Waals surface area contributed by atoms with E-state index in [4.69, 9.17) is 16.3 Å². The molecule has 0 saturated heterocycles. The van der Waals surface area contributed by atoms with Gasteiger partial charge in [-0.1, -0.05) is 11.6 Å². The summed E-state index contributed by atoms with van der Waals surface area (Å²) in [5.41, 5.74) is 2.50. The van der Waals surface area contributed by atoms with E-state index in [0.29, 0.717) is 28.2 Å². The molecule has 0 aliphatic heterocycles. The Hall–Kier alpha value is -2.94. The molecule has 6 nitrogen and oxygen atoms in total. The SMILES string of the molecule is COc1cc(C(=O)NC2CC2)ccc1-c1c[nH]c2c(N=CCC(F)(F)F)cc(Cl)n12. The number of aliphatic imine (C=N–C) groups is 1. The second-order valence-corrected chi connectivity index (χ2v) is 7.39. The lowest BCUT2D eigenvalue weighted by molar-refractivity contribution is -0.120. The third-order valence-electron chi connectivity index (χ3n) is 4.73. The number of imidazole rings is 1. The van der Waals surface area contributed by atoms with Crippen molar-refractivity contribution in [2.24, 2.45) is 4.99 Å². The normalized spacial score (nSPS) is 14.6. The number of H-pyrrole nitrogens is 1. The Morgan fingerprint density at radius 2 is 2.17 bits per heavy atom. The van der Waals surface area contributed by atoms with Crippen molar-refractivity contribution >= 4 is 35.1 Å². The minimum Gasteiger partial charge on any atom is -0.496 e. The Balaban J connectivity index is 1.68. The minimum atomic E-state index is -4.33. The number of hydrogen-bond donors (Lipinski definition) is 2. The van der Waals surface area contributed by atoms with Crippen molar-refractivity contribution < 1.29 is 22.7 Å². The topological polar surface area (TPSA) is 70.9 Å². The average molecular weight is 439 g/mol. The number of fused-ring (bicyclic) bond motifs is 1. The molecule has 30 heavy (non-hydrogen) atoms. The summed E-state index contributed by atoms with van der Waals surface area (Å²) in [6.45, 7) is 0. The van der Waals surface area contributed by atoms with Gasteiger partial charge >= 0.3 is 6.18 Å². The summed E-state index contributed by atoms with van der Waals surface area (Å²) in [7, 11) is 1.50. The van der Waals surface area contributed by atoms with E-state index in [2.05, 4.69) is 15.3 Å². The maximum absolute atomic E-state index is 12.4. The Kier molecular flexibility index (Phi) is 5.23. The minimum absolute atomic E-state index is 0.165. The summed E-state index contributed by atoms with van der Waals surface area (Å²) in [5, 5.41) is 3.20. The van der Waals surface area contributed by atoms with Crippen LogP contribution in [0.4, 0.5) is 18.9 Å². The molecule has 1 aromatic carbocycles. The molecule has 0 atom stereocenters. The maximum atomic E-state index is 12.4. The first kappa shape index (κ1) is 20.3. The first-order chi connectivity index (χ1) is 14.3. The van der Waals surface area contributed by atoms with Crippen molar-refractivity contribution in [2.75, 3.05) is 7.11 Å². The fraction of sp³-hybridized carbons (Fsp3) is 0.300. The quantitative estimate of drug-likeness (QED) is 0.523. The van der Waals surface area contributed by atoms with Gasteiger partial charge in [0.15, 0.2) is 0 Å². The van der Waals surface area contributed by atoms with Crippen LogP contribution in [0, 0.1) is 0 Å². The Labute approximate surface area is 174 Å². The van der Waals surface area contributed by atoms with E-state index in [1.165, 1.54) is 13.2 Å². The van der Waals surface area contributed by atoms with Gasteiger partial charge in [0.1, 0.15) is 22.2 Å². The van der Waals surface area contributed by atoms with Gasteiger partial charge in [-0.25, -0.2) is 0 Å². The summed E-state index contributed by atoms with van der Waals surface area (Å²) in [6, 6.07) is 6.79. The third-order valence-corrected chi connectivity index (χ3v) is 5.01. The molecule has 1 aliphatic rings. The molecular formula is C20H18ClF3N4O2. The van der Waals surface area contributed by atoms with Crippen molar-refractivity contribution in [3.05, 3.63) is 41.2 Å². The van der Waals surface area contributed by atoms with E-state index >= 15 is 0 Å². The zero-order chi connectivity index (χ0) is 21.5. The summed E-state index contributed by atoms with van der Waals surface area (Å²) >= 11 is 6.33. The molecule has 2 N–H and O–H groups in total. The lowest BCUT2D eigenvalue weighted by atomic mass is 10.1. The number of carbonyl (C=O) groups is 1. The van der Waals surface area contributed by atoms with Crippen molar-refractivity contribution in [2.45, 2.75) is 31.5 Å². The summed E-state index contributed by atoms with van der Waals surface area (Å²) in [5.74, 6) is 0.299. The van der Waals surface area contributed by atoms with Gasteiger partial charge in [-0.05, 0) is 31.0 Å². The first-order valence-electron chi connectivity index (χ1n) is 9.23. The Bertz CT molecular complexity index is 1130. The monoisotopic (exact) mass is 438 g/mol. The highest BCUT2D eigenvalue weighted by molar-refractivity contribution is 6.30. The number of carbonyl (C=O) groups excluding carboxylic acids is 1. The summed E-state index contributed by atoms with van der Waals surface area (Å²) < 4.78 is 44.2. The fourth-order valence-electron chi connectivity index (χ4n) is 3.13. The number of aromatic amines is 1. The Morgan fingerprint density at radius 3 is 2.83 bits per heavy atom. The molecule has 3 aromatic rings. The second-order valence-electron chi connectivity index (χ2n) is 7.00.